The molecule has 5 nitrogen and oxygen atoms in total. The predicted molar refractivity (Wildman–Crippen MR) is 138 cm³/mol. The van der Waals surface area contributed by atoms with Gasteiger partial charge < -0.3 is 15.4 Å². The predicted octanol–water partition coefficient (Wildman–Crippen LogP) is 5.57. The van der Waals surface area contributed by atoms with E-state index in [0.29, 0.717) is 24.0 Å². The van der Waals surface area contributed by atoms with Gasteiger partial charge in [-0.25, -0.2) is 4.98 Å². The Morgan fingerprint density at radius 2 is 1.88 bits per heavy atom. The summed E-state index contributed by atoms with van der Waals surface area (Å²) < 4.78 is 5.61. The Labute approximate surface area is 206 Å². The molecular formula is C28H32ClN3O2. The average molecular weight is 478 g/mol. The third kappa shape index (κ3) is 5.26. The van der Waals surface area contributed by atoms with Crippen molar-refractivity contribution in [1.29, 1.82) is 0 Å². The zero-order chi connectivity index (χ0) is 23.9. The van der Waals surface area contributed by atoms with Crippen LogP contribution in [0, 0.1) is 0 Å². The second-order valence-electron chi connectivity index (χ2n) is 8.73. The van der Waals surface area contributed by atoms with E-state index in [1.54, 1.807) is 7.11 Å². The van der Waals surface area contributed by atoms with E-state index in [4.69, 9.17) is 21.3 Å². The van der Waals surface area contributed by atoms with Crippen molar-refractivity contribution in [2.24, 2.45) is 0 Å². The number of aromatic nitrogens is 1. The van der Waals surface area contributed by atoms with Crippen molar-refractivity contribution in [2.75, 3.05) is 13.7 Å². The zero-order valence-electron chi connectivity index (χ0n) is 19.9. The molecule has 2 aromatic carbocycles. The summed E-state index contributed by atoms with van der Waals surface area (Å²) in [4.78, 5) is 15.6. The highest BCUT2D eigenvalue weighted by molar-refractivity contribution is 6.36. The molecule has 0 fully saturated rings. The zero-order valence-corrected chi connectivity index (χ0v) is 20.6. The van der Waals surface area contributed by atoms with Crippen LogP contribution in [0.3, 0.4) is 0 Å². The van der Waals surface area contributed by atoms with Gasteiger partial charge in [-0.2, -0.15) is 0 Å². The molecule has 1 heterocycles. The first-order valence-corrected chi connectivity index (χ1v) is 12.4. The molecule has 1 aromatic heterocycles. The molecule has 3 aromatic rings. The lowest BCUT2D eigenvalue weighted by molar-refractivity contribution is -0.110. The Balaban J connectivity index is 1.57. The maximum atomic E-state index is 10.8. The molecule has 1 amide bonds. The Morgan fingerprint density at radius 1 is 1.09 bits per heavy atom. The average Bonchev–Trinajstić information content (AvgIpc) is 3.34. The van der Waals surface area contributed by atoms with E-state index in [1.165, 1.54) is 23.1 Å². The number of carbonyl (C=O) groups excluding carboxylic acids is 1. The molecule has 0 radical (unpaired) electrons. The number of rotatable bonds is 11. The number of nitrogens with one attached hydrogen (secondary N) is 2. The van der Waals surface area contributed by atoms with Gasteiger partial charge in [0.1, 0.15) is 0 Å². The molecule has 34 heavy (non-hydrogen) atoms. The first kappa shape index (κ1) is 24.2. The summed E-state index contributed by atoms with van der Waals surface area (Å²) in [5, 5.41) is 6.98. The van der Waals surface area contributed by atoms with Crippen LogP contribution in [0.1, 0.15) is 42.9 Å². The molecule has 0 spiro atoms. The number of hydrogen-bond donors (Lipinski definition) is 2. The third-order valence-electron chi connectivity index (χ3n) is 6.49. The third-order valence-corrected chi connectivity index (χ3v) is 6.90. The van der Waals surface area contributed by atoms with E-state index in [1.807, 2.05) is 24.3 Å². The maximum Gasteiger partial charge on any atom is 0.218 e. The van der Waals surface area contributed by atoms with Crippen LogP contribution in [0.25, 0.3) is 22.4 Å². The van der Waals surface area contributed by atoms with Gasteiger partial charge in [0.25, 0.3) is 0 Å². The van der Waals surface area contributed by atoms with E-state index >= 15 is 0 Å². The fraction of sp³-hybridized carbons (Fsp3) is 0.357. The van der Waals surface area contributed by atoms with Gasteiger partial charge in [0.05, 0.1) is 17.8 Å². The summed E-state index contributed by atoms with van der Waals surface area (Å²) in [5.74, 6) is 0.572. The van der Waals surface area contributed by atoms with Crippen LogP contribution in [-0.4, -0.2) is 31.1 Å². The molecule has 4 rings (SSSR count). The smallest absolute Gasteiger partial charge is 0.218 e. The minimum atomic E-state index is 0.113. The molecule has 1 aliphatic carbocycles. The van der Waals surface area contributed by atoms with Crippen LogP contribution in [0.4, 0.5) is 0 Å². The number of methoxy groups -OCH3 is 1. The van der Waals surface area contributed by atoms with Crippen LogP contribution >= 0.6 is 11.6 Å². The van der Waals surface area contributed by atoms with Gasteiger partial charge in [-0.1, -0.05) is 67.4 Å². The summed E-state index contributed by atoms with van der Waals surface area (Å²) >= 11 is 6.96. The molecule has 0 saturated heterocycles. The molecule has 1 aliphatic rings. The lowest BCUT2D eigenvalue weighted by Crippen LogP contribution is -2.37. The van der Waals surface area contributed by atoms with Gasteiger partial charge in [-0.05, 0) is 48.4 Å². The van der Waals surface area contributed by atoms with E-state index in [0.717, 1.165) is 54.5 Å². The summed E-state index contributed by atoms with van der Waals surface area (Å²) in [6.07, 6.45) is 6.14. The lowest BCUT2D eigenvalue weighted by atomic mass is 9.95. The number of halogens is 1. The van der Waals surface area contributed by atoms with Gasteiger partial charge in [-0.3, -0.25) is 4.79 Å². The normalized spacial score (nSPS) is 13.4. The Hall–Kier alpha value is -2.89. The highest BCUT2D eigenvalue weighted by atomic mass is 35.5. The quantitative estimate of drug-likeness (QED) is 0.354. The van der Waals surface area contributed by atoms with Crippen molar-refractivity contribution < 1.29 is 9.53 Å². The number of amides is 1. The van der Waals surface area contributed by atoms with Crippen LogP contribution in [-0.2, 0) is 24.2 Å². The topological polar surface area (TPSA) is 63.3 Å². The number of hydrogen-bond acceptors (Lipinski definition) is 4. The molecule has 2 N–H and O–H groups in total. The second-order valence-corrected chi connectivity index (χ2v) is 9.11. The van der Waals surface area contributed by atoms with Crippen LogP contribution < -0.4 is 15.4 Å². The molecule has 1 atom stereocenters. The monoisotopic (exact) mass is 477 g/mol. The highest BCUT2D eigenvalue weighted by Gasteiger charge is 2.19. The number of benzene rings is 2. The van der Waals surface area contributed by atoms with Crippen molar-refractivity contribution >= 4 is 18.0 Å². The standard InChI is InChI=1S/C28H32ClN3O2/c1-3-7-21(31-18-33)17-30-16-20-14-15-26(32-28(20)34-2)25-13-6-12-24(27(25)29)23-11-5-9-19-8-4-10-22(19)23/h5-6,9,11-15,18,21,30H,3-4,7-8,10,16-17H2,1-2H3,(H,31,33). The molecule has 0 saturated carbocycles. The number of ether oxygens (including phenoxy) is 1. The number of aryl methyl sites for hydroxylation is 1. The Kier molecular flexibility index (Phi) is 8.20. The van der Waals surface area contributed by atoms with Crippen LogP contribution in [0.5, 0.6) is 5.88 Å². The van der Waals surface area contributed by atoms with Crippen molar-refractivity contribution in [3.05, 3.63) is 70.2 Å². The van der Waals surface area contributed by atoms with Gasteiger partial charge in [-0.15, -0.1) is 0 Å². The fourth-order valence-electron chi connectivity index (χ4n) is 4.81. The molecule has 1 unspecified atom stereocenters. The summed E-state index contributed by atoms with van der Waals surface area (Å²) in [6, 6.07) is 16.8. The van der Waals surface area contributed by atoms with Crippen molar-refractivity contribution in [3.63, 3.8) is 0 Å². The van der Waals surface area contributed by atoms with Gasteiger partial charge >= 0.3 is 0 Å². The summed E-state index contributed by atoms with van der Waals surface area (Å²) in [6.45, 7) is 3.39. The first-order valence-electron chi connectivity index (χ1n) is 12.0. The van der Waals surface area contributed by atoms with Gasteiger partial charge in [0.2, 0.25) is 12.3 Å². The van der Waals surface area contributed by atoms with Crippen molar-refractivity contribution in [2.45, 2.75) is 51.6 Å². The summed E-state index contributed by atoms with van der Waals surface area (Å²) in [7, 11) is 1.63. The van der Waals surface area contributed by atoms with E-state index in [9.17, 15) is 4.79 Å². The van der Waals surface area contributed by atoms with Gasteiger partial charge in [0, 0.05) is 35.8 Å². The molecule has 178 valence electrons. The maximum absolute atomic E-state index is 10.8. The van der Waals surface area contributed by atoms with E-state index < -0.39 is 0 Å². The number of carbonyl (C=O) groups is 1. The van der Waals surface area contributed by atoms with Crippen molar-refractivity contribution in [1.82, 2.24) is 15.6 Å². The van der Waals surface area contributed by atoms with Crippen LogP contribution in [0.15, 0.2) is 48.5 Å². The first-order chi connectivity index (χ1) is 16.7. The fourth-order valence-corrected chi connectivity index (χ4v) is 5.14. The molecule has 0 aliphatic heterocycles. The second kappa shape index (κ2) is 11.5. The highest BCUT2D eigenvalue weighted by Crippen LogP contribution is 2.40. The Morgan fingerprint density at radius 3 is 2.68 bits per heavy atom. The van der Waals surface area contributed by atoms with E-state index in [-0.39, 0.29) is 6.04 Å². The van der Waals surface area contributed by atoms with Crippen molar-refractivity contribution in [3.8, 4) is 28.3 Å². The molecule has 0 bridgehead atoms. The number of nitrogens with zero attached hydrogens (tertiary/aromatic N) is 1. The minimum absolute atomic E-state index is 0.113. The van der Waals surface area contributed by atoms with Gasteiger partial charge in [0.15, 0.2) is 0 Å². The Bertz CT molecular complexity index is 1150. The van der Waals surface area contributed by atoms with Crippen LogP contribution in [0.2, 0.25) is 5.02 Å². The number of pyridine rings is 1. The summed E-state index contributed by atoms with van der Waals surface area (Å²) in [5.41, 5.74) is 7.76. The molecular weight excluding hydrogens is 446 g/mol. The SMILES string of the molecule is CCCC(CNCc1ccc(-c2cccc(-c3cccc4c3CCC4)c2Cl)nc1OC)NC=O. The largest absolute Gasteiger partial charge is 0.481 e. The lowest BCUT2D eigenvalue weighted by Gasteiger charge is -2.17. The van der Waals surface area contributed by atoms with E-state index in [2.05, 4.69) is 41.8 Å². The number of fused-ring (bicyclic) bond motifs is 1. The molecule has 6 heteroatoms. The minimum Gasteiger partial charge on any atom is -0.481 e.